The zero-order valence-electron chi connectivity index (χ0n) is 15.2. The van der Waals surface area contributed by atoms with Crippen molar-refractivity contribution >= 4 is 29.6 Å². The van der Waals surface area contributed by atoms with Gasteiger partial charge in [0.1, 0.15) is 5.57 Å². The Morgan fingerprint density at radius 2 is 1.77 bits per heavy atom. The van der Waals surface area contributed by atoms with Crippen molar-refractivity contribution in [2.75, 3.05) is 4.90 Å². The van der Waals surface area contributed by atoms with Gasteiger partial charge in [0.2, 0.25) is 0 Å². The monoisotopic (exact) mass is 351 g/mol. The molecule has 0 saturated carbocycles. The third kappa shape index (κ3) is 3.18. The fraction of sp³-hybridized carbons (Fsp3) is 0.250. The maximum atomic E-state index is 12.9. The van der Waals surface area contributed by atoms with E-state index in [2.05, 4.69) is 5.32 Å². The Kier molecular flexibility index (Phi) is 4.28. The van der Waals surface area contributed by atoms with Crippen molar-refractivity contribution in [1.82, 2.24) is 9.88 Å². The van der Waals surface area contributed by atoms with Crippen molar-refractivity contribution in [3.8, 4) is 0 Å². The predicted molar refractivity (Wildman–Crippen MR) is 99.6 cm³/mol. The van der Waals surface area contributed by atoms with Crippen LogP contribution >= 0.6 is 0 Å². The molecule has 1 fully saturated rings. The third-order valence-corrected chi connectivity index (χ3v) is 4.16. The number of anilines is 1. The lowest BCUT2D eigenvalue weighted by molar-refractivity contribution is -0.122. The highest BCUT2D eigenvalue weighted by Gasteiger charge is 2.37. The van der Waals surface area contributed by atoms with Gasteiger partial charge in [0.05, 0.1) is 5.69 Å². The van der Waals surface area contributed by atoms with E-state index in [1.807, 2.05) is 56.7 Å². The van der Waals surface area contributed by atoms with E-state index in [4.69, 9.17) is 0 Å². The molecule has 0 radical (unpaired) electrons. The van der Waals surface area contributed by atoms with Gasteiger partial charge in [-0.2, -0.15) is 0 Å². The molecule has 2 heterocycles. The Morgan fingerprint density at radius 1 is 1.04 bits per heavy atom. The van der Waals surface area contributed by atoms with Gasteiger partial charge in [0.25, 0.3) is 11.8 Å². The standard InChI is InChI=1S/C20H21N3O3/c1-13-7-5-8-15(11-13)23-18(25)16(17(24)21-19(23)26)12-14-9-6-10-22(14)20(2,3)4/h5-12H,1-4H3,(H,21,24,26)/b16-12-. The largest absolute Gasteiger partial charge is 0.343 e. The number of rotatable bonds is 2. The normalized spacial score (nSPS) is 17.0. The van der Waals surface area contributed by atoms with Gasteiger partial charge in [0.15, 0.2) is 0 Å². The Labute approximate surface area is 152 Å². The molecular formula is C20H21N3O3. The van der Waals surface area contributed by atoms with Crippen molar-refractivity contribution in [2.24, 2.45) is 0 Å². The van der Waals surface area contributed by atoms with Crippen molar-refractivity contribution in [1.29, 1.82) is 0 Å². The SMILES string of the molecule is Cc1cccc(N2C(=O)NC(=O)/C(=C/c3cccn3C(C)(C)C)C2=O)c1. The maximum absolute atomic E-state index is 12.9. The maximum Gasteiger partial charge on any atom is 0.335 e. The fourth-order valence-corrected chi connectivity index (χ4v) is 2.93. The second-order valence-corrected chi connectivity index (χ2v) is 7.27. The number of nitrogens with one attached hydrogen (secondary N) is 1. The molecule has 1 aromatic heterocycles. The Balaban J connectivity index is 2.05. The summed E-state index contributed by atoms with van der Waals surface area (Å²) in [5.41, 5.74) is 1.77. The summed E-state index contributed by atoms with van der Waals surface area (Å²) in [6, 6.07) is 9.95. The summed E-state index contributed by atoms with van der Waals surface area (Å²) in [4.78, 5) is 38.4. The minimum Gasteiger partial charge on any atom is -0.343 e. The minimum atomic E-state index is -0.742. The molecular weight excluding hydrogens is 330 g/mol. The summed E-state index contributed by atoms with van der Waals surface area (Å²) < 4.78 is 1.97. The lowest BCUT2D eigenvalue weighted by Gasteiger charge is -2.27. The van der Waals surface area contributed by atoms with Crippen LogP contribution in [-0.2, 0) is 15.1 Å². The number of carbonyl (C=O) groups is 3. The number of imide groups is 2. The lowest BCUT2D eigenvalue weighted by Crippen LogP contribution is -2.54. The molecule has 6 heteroatoms. The number of nitrogens with zero attached hydrogens (tertiary/aromatic N) is 2. The van der Waals surface area contributed by atoms with E-state index in [1.165, 1.54) is 6.08 Å². The van der Waals surface area contributed by atoms with E-state index in [-0.39, 0.29) is 11.1 Å². The number of urea groups is 1. The van der Waals surface area contributed by atoms with Crippen molar-refractivity contribution in [3.05, 3.63) is 59.4 Å². The predicted octanol–water partition coefficient (Wildman–Crippen LogP) is 3.22. The topological polar surface area (TPSA) is 71.4 Å². The molecule has 1 aromatic carbocycles. The number of hydrogen-bond acceptors (Lipinski definition) is 3. The number of carbonyl (C=O) groups excluding carboxylic acids is 3. The molecule has 0 unspecified atom stereocenters. The number of aryl methyl sites for hydroxylation is 1. The van der Waals surface area contributed by atoms with Crippen LogP contribution in [0.3, 0.4) is 0 Å². The molecule has 1 aliphatic rings. The van der Waals surface area contributed by atoms with Gasteiger partial charge < -0.3 is 4.57 Å². The molecule has 26 heavy (non-hydrogen) atoms. The van der Waals surface area contributed by atoms with Crippen LogP contribution in [0.4, 0.5) is 10.5 Å². The number of benzene rings is 1. The first-order valence-electron chi connectivity index (χ1n) is 8.34. The van der Waals surface area contributed by atoms with E-state index in [0.29, 0.717) is 5.69 Å². The van der Waals surface area contributed by atoms with Gasteiger partial charge in [-0.1, -0.05) is 12.1 Å². The number of amides is 4. The van der Waals surface area contributed by atoms with E-state index >= 15 is 0 Å². The molecule has 134 valence electrons. The van der Waals surface area contributed by atoms with Crippen LogP contribution in [0.2, 0.25) is 0 Å². The van der Waals surface area contributed by atoms with E-state index in [1.54, 1.807) is 18.2 Å². The van der Waals surface area contributed by atoms with Gasteiger partial charge >= 0.3 is 6.03 Å². The Bertz CT molecular complexity index is 932. The molecule has 0 atom stereocenters. The van der Waals surface area contributed by atoms with Crippen molar-refractivity contribution < 1.29 is 14.4 Å². The van der Waals surface area contributed by atoms with Gasteiger partial charge in [-0.05, 0) is 63.6 Å². The van der Waals surface area contributed by atoms with Gasteiger partial charge in [-0.3, -0.25) is 14.9 Å². The number of hydrogen-bond donors (Lipinski definition) is 1. The fourth-order valence-electron chi connectivity index (χ4n) is 2.93. The van der Waals surface area contributed by atoms with Crippen LogP contribution in [0, 0.1) is 6.92 Å². The molecule has 1 aliphatic heterocycles. The highest BCUT2D eigenvalue weighted by Crippen LogP contribution is 2.24. The second-order valence-electron chi connectivity index (χ2n) is 7.27. The zero-order valence-corrected chi connectivity index (χ0v) is 15.2. The first kappa shape index (κ1) is 17.7. The summed E-state index contributed by atoms with van der Waals surface area (Å²) in [6.07, 6.45) is 3.42. The summed E-state index contributed by atoms with van der Waals surface area (Å²) in [6.45, 7) is 7.95. The minimum absolute atomic E-state index is 0.0738. The van der Waals surface area contributed by atoms with Crippen LogP contribution in [0.15, 0.2) is 48.2 Å². The quantitative estimate of drug-likeness (QED) is 0.667. The van der Waals surface area contributed by atoms with Gasteiger partial charge in [-0.15, -0.1) is 0 Å². The summed E-state index contributed by atoms with van der Waals surface area (Å²) in [5.74, 6) is -1.32. The summed E-state index contributed by atoms with van der Waals surface area (Å²) in [5, 5.41) is 2.25. The molecule has 3 rings (SSSR count). The van der Waals surface area contributed by atoms with Gasteiger partial charge in [0, 0.05) is 17.4 Å². The van der Waals surface area contributed by atoms with Crippen LogP contribution in [0.5, 0.6) is 0 Å². The van der Waals surface area contributed by atoms with Crippen LogP contribution in [0.25, 0.3) is 6.08 Å². The molecule has 1 saturated heterocycles. The molecule has 0 aliphatic carbocycles. The first-order chi connectivity index (χ1) is 12.2. The van der Waals surface area contributed by atoms with E-state index < -0.39 is 17.8 Å². The smallest absolute Gasteiger partial charge is 0.335 e. The highest BCUT2D eigenvalue weighted by molar-refractivity contribution is 6.39. The third-order valence-electron chi connectivity index (χ3n) is 4.16. The molecule has 4 amide bonds. The summed E-state index contributed by atoms with van der Waals surface area (Å²) in [7, 11) is 0. The van der Waals surface area contributed by atoms with E-state index in [9.17, 15) is 14.4 Å². The second kappa shape index (κ2) is 6.29. The first-order valence-corrected chi connectivity index (χ1v) is 8.34. The van der Waals surface area contributed by atoms with Crippen molar-refractivity contribution in [3.63, 3.8) is 0 Å². The number of aromatic nitrogens is 1. The summed E-state index contributed by atoms with van der Waals surface area (Å²) >= 11 is 0. The molecule has 6 nitrogen and oxygen atoms in total. The average Bonchev–Trinajstić information content (AvgIpc) is 3.00. The molecule has 1 N–H and O–H groups in total. The van der Waals surface area contributed by atoms with Crippen LogP contribution in [-0.4, -0.2) is 22.4 Å². The zero-order chi connectivity index (χ0) is 19.1. The Hall–Kier alpha value is -3.15. The Morgan fingerprint density at radius 3 is 2.42 bits per heavy atom. The molecule has 2 aromatic rings. The molecule has 0 bridgehead atoms. The van der Waals surface area contributed by atoms with Crippen LogP contribution < -0.4 is 10.2 Å². The van der Waals surface area contributed by atoms with Gasteiger partial charge in [-0.25, -0.2) is 9.69 Å². The molecule has 0 spiro atoms. The van der Waals surface area contributed by atoms with Crippen LogP contribution in [0.1, 0.15) is 32.0 Å². The highest BCUT2D eigenvalue weighted by atomic mass is 16.2. The number of barbiturate groups is 1. The lowest BCUT2D eigenvalue weighted by atomic mass is 10.1. The average molecular weight is 351 g/mol. The van der Waals surface area contributed by atoms with Crippen molar-refractivity contribution in [2.45, 2.75) is 33.2 Å². The van der Waals surface area contributed by atoms with E-state index in [0.717, 1.165) is 16.2 Å².